The highest BCUT2D eigenvalue weighted by molar-refractivity contribution is 6.35. The van der Waals surface area contributed by atoms with E-state index in [0.29, 0.717) is 23.6 Å². The summed E-state index contributed by atoms with van der Waals surface area (Å²) in [5.41, 5.74) is 2.65. The van der Waals surface area contributed by atoms with Gasteiger partial charge in [0, 0.05) is 18.0 Å². The third-order valence-electron chi connectivity index (χ3n) is 6.54. The summed E-state index contributed by atoms with van der Waals surface area (Å²) >= 11 is 6.54. The van der Waals surface area contributed by atoms with Crippen molar-refractivity contribution in [1.82, 2.24) is 4.57 Å². The monoisotopic (exact) mass is 489 g/mol. The largest absolute Gasteiger partial charge is 0.488 e. The Morgan fingerprint density at radius 1 is 1.03 bits per heavy atom. The third kappa shape index (κ3) is 4.43. The highest BCUT2D eigenvalue weighted by Crippen LogP contribution is 2.36. The van der Waals surface area contributed by atoms with Crippen LogP contribution < -0.4 is 4.74 Å². The zero-order chi connectivity index (χ0) is 23.8. The summed E-state index contributed by atoms with van der Waals surface area (Å²) < 4.78 is 18.8. The molecule has 2 aromatic carbocycles. The molecule has 9 heteroatoms. The Hall–Kier alpha value is -2.17. The maximum atomic E-state index is 10.7. The number of benzene rings is 2. The quantitative estimate of drug-likeness (QED) is 0.419. The molecule has 0 spiro atoms. The first-order valence-electron chi connectivity index (χ1n) is 11.4. The Morgan fingerprint density at radius 3 is 2.53 bits per heavy atom. The van der Waals surface area contributed by atoms with E-state index in [1.807, 2.05) is 42.6 Å². The molecule has 2 fully saturated rings. The molecule has 34 heavy (non-hydrogen) atoms. The molecule has 1 aromatic heterocycles. The van der Waals surface area contributed by atoms with E-state index >= 15 is 0 Å². The molecule has 2 aliphatic heterocycles. The number of rotatable bonds is 6. The first-order valence-corrected chi connectivity index (χ1v) is 11.8. The highest BCUT2D eigenvalue weighted by Gasteiger charge is 2.44. The average Bonchev–Trinajstić information content (AvgIpc) is 3.48. The van der Waals surface area contributed by atoms with Crippen molar-refractivity contribution >= 4 is 22.5 Å². The van der Waals surface area contributed by atoms with E-state index in [9.17, 15) is 20.4 Å². The van der Waals surface area contributed by atoms with Crippen LogP contribution in [0.15, 0.2) is 48.7 Å². The second kappa shape index (κ2) is 9.83. The normalized spacial score (nSPS) is 29.6. The summed E-state index contributed by atoms with van der Waals surface area (Å²) in [7, 11) is 0. The topological polar surface area (TPSA) is 114 Å². The number of aromatic nitrogens is 1. The zero-order valence-electron chi connectivity index (χ0n) is 18.5. The summed E-state index contributed by atoms with van der Waals surface area (Å²) in [4.78, 5) is 0. The van der Waals surface area contributed by atoms with Crippen molar-refractivity contribution in [1.29, 1.82) is 0 Å². The van der Waals surface area contributed by atoms with Gasteiger partial charge in [-0.3, -0.25) is 0 Å². The molecule has 0 bridgehead atoms. The molecule has 0 aliphatic carbocycles. The number of nitrogens with zero attached hydrogens (tertiary/aromatic N) is 1. The van der Waals surface area contributed by atoms with Gasteiger partial charge in [0.25, 0.3) is 0 Å². The minimum atomic E-state index is -1.47. The fourth-order valence-corrected chi connectivity index (χ4v) is 4.97. The highest BCUT2D eigenvalue weighted by atomic mass is 35.5. The average molecular weight is 490 g/mol. The summed E-state index contributed by atoms with van der Waals surface area (Å²) in [6.45, 7) is 0.840. The molecule has 4 N–H and O–H groups in total. The Labute approximate surface area is 201 Å². The second-order valence-electron chi connectivity index (χ2n) is 8.84. The molecule has 1 unspecified atom stereocenters. The number of ether oxygens (including phenoxy) is 3. The second-order valence-corrected chi connectivity index (χ2v) is 9.25. The maximum Gasteiger partial charge on any atom is 0.163 e. The minimum absolute atomic E-state index is 0.0875. The van der Waals surface area contributed by atoms with Crippen molar-refractivity contribution in [3.63, 3.8) is 0 Å². The molecule has 0 amide bonds. The molecule has 2 saturated heterocycles. The van der Waals surface area contributed by atoms with Crippen LogP contribution >= 0.6 is 11.6 Å². The van der Waals surface area contributed by atoms with E-state index in [1.54, 1.807) is 10.6 Å². The van der Waals surface area contributed by atoms with Crippen LogP contribution in [0.5, 0.6) is 5.75 Å². The van der Waals surface area contributed by atoms with Crippen molar-refractivity contribution in [2.45, 2.75) is 49.6 Å². The van der Waals surface area contributed by atoms with E-state index in [2.05, 4.69) is 0 Å². The molecular weight excluding hydrogens is 462 g/mol. The molecule has 3 heterocycles. The van der Waals surface area contributed by atoms with Crippen LogP contribution in [0.4, 0.5) is 0 Å². The Morgan fingerprint density at radius 2 is 1.82 bits per heavy atom. The Kier molecular flexibility index (Phi) is 6.81. The molecule has 0 saturated carbocycles. The standard InChI is InChI=1S/C25H28ClNO7/c26-19-3-1-2-18-15(10-14-4-6-16(7-5-14)33-17-8-9-32-13-17)11-27(21(18)19)25-24(31)23(30)22(29)20(12-28)34-25/h1-7,11,17,20,22-25,28-31H,8-10,12-13H2/t17?,20-,22-,23+,24-,25-/m1/s1. The van der Waals surface area contributed by atoms with Gasteiger partial charge in [-0.05, 0) is 35.7 Å². The predicted octanol–water partition coefficient (Wildman–Crippen LogP) is 2.03. The number of para-hydroxylation sites is 1. The van der Waals surface area contributed by atoms with Crippen LogP contribution in [0.3, 0.4) is 0 Å². The van der Waals surface area contributed by atoms with Crippen LogP contribution in [0.1, 0.15) is 23.8 Å². The summed E-state index contributed by atoms with van der Waals surface area (Å²) in [5, 5.41) is 42.0. The van der Waals surface area contributed by atoms with Gasteiger partial charge in [-0.25, -0.2) is 0 Å². The van der Waals surface area contributed by atoms with Crippen molar-refractivity contribution < 1.29 is 34.6 Å². The van der Waals surface area contributed by atoms with Gasteiger partial charge in [-0.1, -0.05) is 35.9 Å². The lowest BCUT2D eigenvalue weighted by atomic mass is 9.98. The van der Waals surface area contributed by atoms with E-state index in [4.69, 9.17) is 25.8 Å². The molecule has 182 valence electrons. The van der Waals surface area contributed by atoms with Gasteiger partial charge in [-0.2, -0.15) is 0 Å². The molecule has 6 atom stereocenters. The first-order chi connectivity index (χ1) is 16.5. The van der Waals surface area contributed by atoms with Crippen molar-refractivity contribution in [3.8, 4) is 5.75 Å². The lowest BCUT2D eigenvalue weighted by Crippen LogP contribution is -2.56. The van der Waals surface area contributed by atoms with Crippen LogP contribution in [0.2, 0.25) is 5.02 Å². The molecule has 5 rings (SSSR count). The van der Waals surface area contributed by atoms with E-state index in [1.165, 1.54) is 0 Å². The number of halogens is 1. The number of hydrogen-bond acceptors (Lipinski definition) is 7. The van der Waals surface area contributed by atoms with Gasteiger partial charge < -0.3 is 39.2 Å². The van der Waals surface area contributed by atoms with E-state index < -0.39 is 37.3 Å². The molecule has 3 aromatic rings. The molecule has 0 radical (unpaired) electrons. The van der Waals surface area contributed by atoms with Crippen LogP contribution in [0.25, 0.3) is 10.9 Å². The van der Waals surface area contributed by atoms with Gasteiger partial charge in [0.15, 0.2) is 6.23 Å². The number of aliphatic hydroxyl groups is 4. The maximum absolute atomic E-state index is 10.7. The van der Waals surface area contributed by atoms with Crippen LogP contribution in [-0.2, 0) is 15.9 Å². The number of hydrogen-bond donors (Lipinski definition) is 4. The fourth-order valence-electron chi connectivity index (χ4n) is 4.70. The van der Waals surface area contributed by atoms with Gasteiger partial charge in [0.2, 0.25) is 0 Å². The van der Waals surface area contributed by atoms with E-state index in [0.717, 1.165) is 35.3 Å². The first kappa shape index (κ1) is 23.6. The molecular formula is C25H28ClNO7. The van der Waals surface area contributed by atoms with Crippen molar-refractivity contribution in [3.05, 3.63) is 64.8 Å². The Bertz CT molecular complexity index is 1130. The lowest BCUT2D eigenvalue weighted by molar-refractivity contribution is -0.250. The summed E-state index contributed by atoms with van der Waals surface area (Å²) in [5.74, 6) is 0.797. The molecule has 2 aliphatic rings. The van der Waals surface area contributed by atoms with Crippen molar-refractivity contribution in [2.24, 2.45) is 0 Å². The fraction of sp³-hybridized carbons (Fsp3) is 0.440. The number of fused-ring (bicyclic) bond motifs is 1. The van der Waals surface area contributed by atoms with E-state index in [-0.39, 0.29) is 6.10 Å². The van der Waals surface area contributed by atoms with Gasteiger partial charge in [0.1, 0.15) is 36.3 Å². The zero-order valence-corrected chi connectivity index (χ0v) is 19.2. The lowest BCUT2D eigenvalue weighted by Gasteiger charge is -2.40. The van der Waals surface area contributed by atoms with Crippen LogP contribution in [-0.4, -0.2) is 75.3 Å². The summed E-state index contributed by atoms with van der Waals surface area (Å²) in [6.07, 6.45) is -2.95. The SMILES string of the molecule is OC[C@H]1O[C@@H](n2cc(Cc3ccc(OC4CCOC4)cc3)c3cccc(Cl)c32)[C@H](O)[C@@H](O)[C@@H]1O. The summed E-state index contributed by atoms with van der Waals surface area (Å²) in [6, 6.07) is 13.4. The Balaban J connectivity index is 1.44. The van der Waals surface area contributed by atoms with Crippen LogP contribution in [0, 0.1) is 0 Å². The van der Waals surface area contributed by atoms with Gasteiger partial charge in [0.05, 0.1) is 30.4 Å². The van der Waals surface area contributed by atoms with Gasteiger partial charge in [-0.15, -0.1) is 0 Å². The van der Waals surface area contributed by atoms with Crippen molar-refractivity contribution in [2.75, 3.05) is 19.8 Å². The smallest absolute Gasteiger partial charge is 0.163 e. The third-order valence-corrected chi connectivity index (χ3v) is 6.84. The molecule has 8 nitrogen and oxygen atoms in total. The van der Waals surface area contributed by atoms with Gasteiger partial charge >= 0.3 is 0 Å². The predicted molar refractivity (Wildman–Crippen MR) is 125 cm³/mol. The number of aliphatic hydroxyl groups excluding tert-OH is 4. The minimum Gasteiger partial charge on any atom is -0.488 e.